The third kappa shape index (κ3) is 3.82. The van der Waals surface area contributed by atoms with Crippen LogP contribution in [0.5, 0.6) is 0 Å². The van der Waals surface area contributed by atoms with Crippen LogP contribution in [0.4, 0.5) is 0 Å². The molecule has 27 heavy (non-hydrogen) atoms. The van der Waals surface area contributed by atoms with Crippen molar-refractivity contribution in [2.75, 3.05) is 0 Å². The fourth-order valence-electron chi connectivity index (χ4n) is 3.96. The molecule has 0 atom stereocenters. The third-order valence-corrected chi connectivity index (χ3v) is 5.69. The SMILES string of the molecule is CC(C)(C)c1ccc(-c2nc3nc(CCC4CCCC4)cc(=O)n3[nH]2)cc1. The number of nitrogens with one attached hydrogen (secondary N) is 1. The summed E-state index contributed by atoms with van der Waals surface area (Å²) < 4.78 is 1.44. The maximum Gasteiger partial charge on any atom is 0.274 e. The standard InChI is InChI=1S/C22H28N4O/c1-22(2,3)17-11-9-16(10-12-17)20-24-21-23-18(14-19(27)26(21)25-20)13-8-15-6-4-5-7-15/h9-12,14-15H,4-8,13H2,1-3H3,(H,23,24,25). The molecule has 0 spiro atoms. The van der Waals surface area contributed by atoms with E-state index in [2.05, 4.69) is 48.0 Å². The molecule has 1 aliphatic carbocycles. The molecule has 1 N–H and O–H groups in total. The van der Waals surface area contributed by atoms with E-state index in [4.69, 9.17) is 0 Å². The summed E-state index contributed by atoms with van der Waals surface area (Å²) in [6.45, 7) is 6.58. The lowest BCUT2D eigenvalue weighted by Crippen LogP contribution is -2.16. The molecule has 2 heterocycles. The average Bonchev–Trinajstić information content (AvgIpc) is 3.29. The van der Waals surface area contributed by atoms with Gasteiger partial charge in [0.1, 0.15) is 0 Å². The molecular weight excluding hydrogens is 336 g/mol. The Hall–Kier alpha value is -2.43. The van der Waals surface area contributed by atoms with Crippen LogP contribution in [-0.4, -0.2) is 19.6 Å². The van der Waals surface area contributed by atoms with Crippen LogP contribution >= 0.6 is 0 Å². The average molecular weight is 364 g/mol. The lowest BCUT2D eigenvalue weighted by atomic mass is 9.87. The fraction of sp³-hybridized carbons (Fsp3) is 0.500. The largest absolute Gasteiger partial charge is 0.274 e. The third-order valence-electron chi connectivity index (χ3n) is 5.69. The Morgan fingerprint density at radius 1 is 1.11 bits per heavy atom. The van der Waals surface area contributed by atoms with Crippen LogP contribution in [0.3, 0.4) is 0 Å². The molecule has 5 heteroatoms. The second-order valence-corrected chi connectivity index (χ2v) is 8.81. The van der Waals surface area contributed by atoms with Crippen molar-refractivity contribution in [3.05, 3.63) is 51.9 Å². The van der Waals surface area contributed by atoms with E-state index in [0.717, 1.165) is 30.0 Å². The molecule has 1 aromatic carbocycles. The first kappa shape index (κ1) is 18.0. The first-order valence-electron chi connectivity index (χ1n) is 10.00. The molecule has 0 aliphatic heterocycles. The van der Waals surface area contributed by atoms with Crippen molar-refractivity contribution in [1.29, 1.82) is 0 Å². The van der Waals surface area contributed by atoms with E-state index in [-0.39, 0.29) is 11.0 Å². The molecule has 3 aromatic rings. The number of aromatic amines is 1. The Morgan fingerprint density at radius 2 is 1.81 bits per heavy atom. The van der Waals surface area contributed by atoms with Crippen molar-refractivity contribution < 1.29 is 0 Å². The molecule has 0 bridgehead atoms. The fourth-order valence-corrected chi connectivity index (χ4v) is 3.96. The van der Waals surface area contributed by atoms with Gasteiger partial charge in [0.2, 0.25) is 0 Å². The van der Waals surface area contributed by atoms with E-state index in [1.165, 1.54) is 35.8 Å². The topological polar surface area (TPSA) is 63.1 Å². The van der Waals surface area contributed by atoms with E-state index in [9.17, 15) is 4.79 Å². The highest BCUT2D eigenvalue weighted by molar-refractivity contribution is 5.57. The van der Waals surface area contributed by atoms with Gasteiger partial charge >= 0.3 is 0 Å². The predicted octanol–water partition coefficient (Wildman–Crippen LogP) is 4.50. The molecule has 1 fully saturated rings. The van der Waals surface area contributed by atoms with E-state index in [0.29, 0.717) is 11.6 Å². The number of benzene rings is 1. The second-order valence-electron chi connectivity index (χ2n) is 8.81. The molecule has 142 valence electrons. The Kier molecular flexibility index (Phi) is 4.62. The van der Waals surface area contributed by atoms with Gasteiger partial charge in [-0.05, 0) is 29.7 Å². The summed E-state index contributed by atoms with van der Waals surface area (Å²) in [5, 5.41) is 3.09. The van der Waals surface area contributed by atoms with Crippen molar-refractivity contribution in [2.24, 2.45) is 5.92 Å². The van der Waals surface area contributed by atoms with Crippen molar-refractivity contribution in [1.82, 2.24) is 19.6 Å². The molecule has 0 radical (unpaired) electrons. The summed E-state index contributed by atoms with van der Waals surface area (Å²) in [4.78, 5) is 21.7. The van der Waals surface area contributed by atoms with Gasteiger partial charge in [0.05, 0.1) is 5.69 Å². The smallest absolute Gasteiger partial charge is 0.271 e. The minimum absolute atomic E-state index is 0.0912. The molecule has 0 saturated heterocycles. The monoisotopic (exact) mass is 364 g/mol. The van der Waals surface area contributed by atoms with Gasteiger partial charge in [-0.2, -0.15) is 9.50 Å². The summed E-state index contributed by atoms with van der Waals surface area (Å²) in [7, 11) is 0. The van der Waals surface area contributed by atoms with Gasteiger partial charge in [0.15, 0.2) is 5.82 Å². The summed E-state index contributed by atoms with van der Waals surface area (Å²) in [6.07, 6.45) is 7.30. The van der Waals surface area contributed by atoms with E-state index in [1.54, 1.807) is 6.07 Å². The number of rotatable bonds is 4. The zero-order valence-corrected chi connectivity index (χ0v) is 16.5. The maximum absolute atomic E-state index is 12.5. The minimum Gasteiger partial charge on any atom is -0.271 e. The maximum atomic E-state index is 12.5. The zero-order chi connectivity index (χ0) is 19.0. The molecule has 5 nitrogen and oxygen atoms in total. The van der Waals surface area contributed by atoms with Crippen LogP contribution in [0, 0.1) is 5.92 Å². The van der Waals surface area contributed by atoms with Gasteiger partial charge in [-0.1, -0.05) is 70.7 Å². The van der Waals surface area contributed by atoms with Gasteiger partial charge in [-0.25, -0.2) is 4.98 Å². The number of fused-ring (bicyclic) bond motifs is 1. The Bertz CT molecular complexity index is 986. The van der Waals surface area contributed by atoms with Crippen molar-refractivity contribution >= 4 is 5.78 Å². The quantitative estimate of drug-likeness (QED) is 0.741. The molecule has 0 amide bonds. The molecule has 1 aliphatic rings. The Morgan fingerprint density at radius 3 is 2.48 bits per heavy atom. The number of hydrogen-bond acceptors (Lipinski definition) is 3. The number of hydrogen-bond donors (Lipinski definition) is 1. The van der Waals surface area contributed by atoms with E-state index >= 15 is 0 Å². The summed E-state index contributed by atoms with van der Waals surface area (Å²) in [5.74, 6) is 1.92. The van der Waals surface area contributed by atoms with Gasteiger partial charge in [0, 0.05) is 11.6 Å². The summed E-state index contributed by atoms with van der Waals surface area (Å²) in [6, 6.07) is 9.97. The second kappa shape index (κ2) is 6.95. The van der Waals surface area contributed by atoms with Crippen molar-refractivity contribution in [3.63, 3.8) is 0 Å². The first-order chi connectivity index (χ1) is 12.9. The van der Waals surface area contributed by atoms with Crippen LogP contribution in [0.1, 0.15) is 64.1 Å². The van der Waals surface area contributed by atoms with Crippen LogP contribution < -0.4 is 5.56 Å². The molecule has 0 unspecified atom stereocenters. The van der Waals surface area contributed by atoms with Crippen LogP contribution in [0.25, 0.3) is 17.2 Å². The number of aromatic nitrogens is 4. The normalized spacial score (nSPS) is 15.7. The Labute approximate surface area is 159 Å². The summed E-state index contributed by atoms with van der Waals surface area (Å²) >= 11 is 0. The van der Waals surface area contributed by atoms with Crippen LogP contribution in [0.2, 0.25) is 0 Å². The highest BCUT2D eigenvalue weighted by Gasteiger charge is 2.17. The number of aryl methyl sites for hydroxylation is 1. The zero-order valence-electron chi connectivity index (χ0n) is 16.5. The lowest BCUT2D eigenvalue weighted by Gasteiger charge is -2.18. The van der Waals surface area contributed by atoms with Crippen LogP contribution in [-0.2, 0) is 11.8 Å². The minimum atomic E-state index is -0.0912. The molecule has 1 saturated carbocycles. The van der Waals surface area contributed by atoms with Gasteiger partial charge in [-0.15, -0.1) is 0 Å². The number of H-pyrrole nitrogens is 1. The summed E-state index contributed by atoms with van der Waals surface area (Å²) in [5.41, 5.74) is 3.10. The first-order valence-corrected chi connectivity index (χ1v) is 10.00. The van der Waals surface area contributed by atoms with E-state index < -0.39 is 0 Å². The number of nitrogens with zero attached hydrogens (tertiary/aromatic N) is 3. The highest BCUT2D eigenvalue weighted by atomic mass is 16.1. The highest BCUT2D eigenvalue weighted by Crippen LogP contribution is 2.28. The van der Waals surface area contributed by atoms with E-state index in [1.807, 2.05) is 12.1 Å². The van der Waals surface area contributed by atoms with Crippen molar-refractivity contribution in [3.8, 4) is 11.4 Å². The van der Waals surface area contributed by atoms with Gasteiger partial charge in [0.25, 0.3) is 11.3 Å². The van der Waals surface area contributed by atoms with Crippen molar-refractivity contribution in [2.45, 2.75) is 64.7 Å². The molecular formula is C22H28N4O. The lowest BCUT2D eigenvalue weighted by molar-refractivity contribution is 0.500. The molecule has 2 aromatic heterocycles. The molecule has 4 rings (SSSR count). The van der Waals surface area contributed by atoms with Gasteiger partial charge < -0.3 is 0 Å². The van der Waals surface area contributed by atoms with Gasteiger partial charge in [-0.3, -0.25) is 9.89 Å². The van der Waals surface area contributed by atoms with Crippen LogP contribution in [0.15, 0.2) is 35.1 Å². The predicted molar refractivity (Wildman–Crippen MR) is 108 cm³/mol. The Balaban J connectivity index is 1.59.